The molecule has 3 unspecified atom stereocenters. The number of carbonyl (C=O) groups excluding carboxylic acids is 1. The average molecular weight is 242 g/mol. The van der Waals surface area contributed by atoms with Gasteiger partial charge >= 0.3 is 0 Å². The number of rotatable bonds is 2. The van der Waals surface area contributed by atoms with Crippen LogP contribution in [0.2, 0.25) is 0 Å². The van der Waals surface area contributed by atoms with E-state index in [1.54, 1.807) is 24.1 Å². The zero-order chi connectivity index (χ0) is 10.8. The summed E-state index contributed by atoms with van der Waals surface area (Å²) in [7, 11) is 0. The van der Waals surface area contributed by atoms with Gasteiger partial charge in [0.25, 0.3) is 0 Å². The second-order valence-electron chi connectivity index (χ2n) is 3.74. The van der Waals surface area contributed by atoms with Gasteiger partial charge in [0.15, 0.2) is 5.78 Å². The quantitative estimate of drug-likeness (QED) is 0.746. The Morgan fingerprint density at radius 3 is 2.87 bits per heavy atom. The molecule has 15 heavy (non-hydrogen) atoms. The molecular weight excluding hydrogens is 228 g/mol. The van der Waals surface area contributed by atoms with Crippen molar-refractivity contribution in [3.05, 3.63) is 24.2 Å². The second kappa shape index (κ2) is 4.66. The van der Waals surface area contributed by atoms with Gasteiger partial charge in [-0.3, -0.25) is 4.79 Å². The molecule has 2 nitrogen and oxygen atoms in total. The van der Waals surface area contributed by atoms with Crippen molar-refractivity contribution in [3.63, 3.8) is 0 Å². The smallest absolute Gasteiger partial charge is 0.179 e. The summed E-state index contributed by atoms with van der Waals surface area (Å²) in [5.41, 5.74) is 0.704. The molecule has 0 bridgehead atoms. The molecule has 0 amide bonds. The van der Waals surface area contributed by atoms with E-state index in [0.29, 0.717) is 16.1 Å². The zero-order valence-corrected chi connectivity index (χ0v) is 10.4. The molecule has 2 rings (SSSR count). The summed E-state index contributed by atoms with van der Waals surface area (Å²) in [5, 5.41) is 1.28. The minimum atomic E-state index is 0.0961. The van der Waals surface area contributed by atoms with Crippen LogP contribution in [0.1, 0.15) is 24.2 Å². The minimum Gasteiger partial charge on any atom is -0.472 e. The van der Waals surface area contributed by atoms with Gasteiger partial charge in [0, 0.05) is 16.3 Å². The molecular formula is C11H14O2S2. The molecule has 4 heteroatoms. The predicted octanol–water partition coefficient (Wildman–Crippen LogP) is 3.09. The maximum absolute atomic E-state index is 12.0. The Morgan fingerprint density at radius 2 is 2.27 bits per heavy atom. The lowest BCUT2D eigenvalue weighted by Gasteiger charge is -2.30. The van der Waals surface area contributed by atoms with E-state index in [2.05, 4.69) is 13.8 Å². The van der Waals surface area contributed by atoms with Gasteiger partial charge < -0.3 is 4.42 Å². The molecule has 1 aliphatic rings. The first-order chi connectivity index (χ1) is 7.18. The fraction of sp³-hybridized carbons (Fsp3) is 0.545. The van der Waals surface area contributed by atoms with E-state index >= 15 is 0 Å². The molecule has 1 fully saturated rings. The van der Waals surface area contributed by atoms with Crippen LogP contribution in [0.5, 0.6) is 0 Å². The van der Waals surface area contributed by atoms with E-state index in [-0.39, 0.29) is 11.0 Å². The van der Waals surface area contributed by atoms with Crippen molar-refractivity contribution >= 4 is 29.3 Å². The summed E-state index contributed by atoms with van der Waals surface area (Å²) in [5.74, 6) is 1.13. The second-order valence-corrected chi connectivity index (χ2v) is 6.74. The summed E-state index contributed by atoms with van der Waals surface area (Å²) in [6.07, 6.45) is 3.09. The monoisotopic (exact) mass is 242 g/mol. The normalized spacial score (nSPS) is 31.5. The van der Waals surface area contributed by atoms with Crippen molar-refractivity contribution in [3.8, 4) is 0 Å². The van der Waals surface area contributed by atoms with Crippen LogP contribution in [-0.4, -0.2) is 27.3 Å². The highest BCUT2D eigenvalue weighted by molar-refractivity contribution is 8.08. The average Bonchev–Trinajstić information content (AvgIpc) is 2.74. The van der Waals surface area contributed by atoms with Gasteiger partial charge in [-0.15, -0.1) is 11.8 Å². The van der Waals surface area contributed by atoms with Gasteiger partial charge in [-0.05, 0) is 6.07 Å². The summed E-state index contributed by atoms with van der Waals surface area (Å²) in [4.78, 5) is 12.0. The molecule has 1 saturated heterocycles. The third-order valence-corrected chi connectivity index (χ3v) is 6.04. The Hall–Kier alpha value is -0.350. The highest BCUT2D eigenvalue weighted by atomic mass is 32.2. The number of thioether (sulfide) groups is 2. The summed E-state index contributed by atoms with van der Waals surface area (Å²) in [6, 6.07) is 1.75. The lowest BCUT2D eigenvalue weighted by atomic mass is 10.2. The van der Waals surface area contributed by atoms with E-state index in [9.17, 15) is 4.79 Å². The Balaban J connectivity index is 2.03. The van der Waals surface area contributed by atoms with Crippen LogP contribution in [0.3, 0.4) is 0 Å². The molecule has 0 aromatic carbocycles. The number of furan rings is 1. The molecule has 2 heterocycles. The van der Waals surface area contributed by atoms with Crippen LogP contribution in [-0.2, 0) is 0 Å². The van der Waals surface area contributed by atoms with Crippen molar-refractivity contribution < 1.29 is 9.21 Å². The van der Waals surface area contributed by atoms with Gasteiger partial charge in [0.05, 0.1) is 17.1 Å². The first kappa shape index (κ1) is 11.1. The van der Waals surface area contributed by atoms with Crippen molar-refractivity contribution in [1.82, 2.24) is 0 Å². The fourth-order valence-electron chi connectivity index (χ4n) is 1.51. The number of carbonyl (C=O) groups is 1. The third-order valence-electron chi connectivity index (χ3n) is 2.65. The number of ketones is 1. The first-order valence-electron chi connectivity index (χ1n) is 5.02. The Bertz CT molecular complexity index is 334. The summed E-state index contributed by atoms with van der Waals surface area (Å²) in [6.45, 7) is 4.41. The van der Waals surface area contributed by atoms with E-state index in [1.807, 2.05) is 11.8 Å². The van der Waals surface area contributed by atoms with Crippen molar-refractivity contribution in [2.45, 2.75) is 29.6 Å². The molecule has 3 atom stereocenters. The molecule has 1 aliphatic heterocycles. The minimum absolute atomic E-state index is 0.0961. The number of hydrogen-bond donors (Lipinski definition) is 0. The number of Topliss-reactive ketones (excluding diaryl/α,β-unsaturated/α-hetero) is 1. The summed E-state index contributed by atoms with van der Waals surface area (Å²) < 4.78 is 4.94. The molecule has 0 spiro atoms. The molecule has 1 aromatic rings. The zero-order valence-electron chi connectivity index (χ0n) is 8.80. The van der Waals surface area contributed by atoms with Crippen LogP contribution < -0.4 is 0 Å². The lowest BCUT2D eigenvalue weighted by molar-refractivity contribution is 0.0994. The highest BCUT2D eigenvalue weighted by Crippen LogP contribution is 2.36. The van der Waals surface area contributed by atoms with Crippen molar-refractivity contribution in [1.29, 1.82) is 0 Å². The van der Waals surface area contributed by atoms with E-state index in [0.717, 1.165) is 5.75 Å². The van der Waals surface area contributed by atoms with Gasteiger partial charge in [-0.2, -0.15) is 11.8 Å². The first-order valence-corrected chi connectivity index (χ1v) is 7.01. The van der Waals surface area contributed by atoms with E-state index in [4.69, 9.17) is 4.42 Å². The van der Waals surface area contributed by atoms with E-state index in [1.165, 1.54) is 6.26 Å². The largest absolute Gasteiger partial charge is 0.472 e. The molecule has 0 radical (unpaired) electrons. The Labute approximate surface area is 98.2 Å². The molecule has 82 valence electrons. The molecule has 0 aliphatic carbocycles. The fourth-order valence-corrected chi connectivity index (χ4v) is 4.39. The molecule has 0 saturated carbocycles. The van der Waals surface area contributed by atoms with Crippen molar-refractivity contribution in [2.75, 3.05) is 5.75 Å². The van der Waals surface area contributed by atoms with E-state index < -0.39 is 0 Å². The van der Waals surface area contributed by atoms with Crippen LogP contribution in [0.15, 0.2) is 23.0 Å². The van der Waals surface area contributed by atoms with Crippen LogP contribution in [0.25, 0.3) is 0 Å². The van der Waals surface area contributed by atoms with Gasteiger partial charge in [0.1, 0.15) is 6.26 Å². The predicted molar refractivity (Wildman–Crippen MR) is 65.8 cm³/mol. The topological polar surface area (TPSA) is 30.2 Å². The highest BCUT2D eigenvalue weighted by Gasteiger charge is 2.31. The molecule has 1 aromatic heterocycles. The van der Waals surface area contributed by atoms with Crippen LogP contribution >= 0.6 is 23.5 Å². The van der Waals surface area contributed by atoms with Crippen LogP contribution in [0, 0.1) is 0 Å². The van der Waals surface area contributed by atoms with Gasteiger partial charge in [-0.25, -0.2) is 0 Å². The molecule has 0 N–H and O–H groups in total. The number of hydrogen-bond acceptors (Lipinski definition) is 4. The van der Waals surface area contributed by atoms with Crippen LogP contribution in [0.4, 0.5) is 0 Å². The SMILES string of the molecule is CC1SCC(C(=O)c2ccoc2)SC1C. The van der Waals surface area contributed by atoms with Gasteiger partial charge in [0.2, 0.25) is 0 Å². The van der Waals surface area contributed by atoms with Crippen molar-refractivity contribution in [2.24, 2.45) is 0 Å². The standard InChI is InChI=1S/C11H14O2S2/c1-7-8(2)15-10(6-14-7)11(12)9-3-4-13-5-9/h3-5,7-8,10H,6H2,1-2H3. The summed E-state index contributed by atoms with van der Waals surface area (Å²) >= 11 is 3.68. The maximum Gasteiger partial charge on any atom is 0.179 e. The maximum atomic E-state index is 12.0. The Morgan fingerprint density at radius 1 is 1.47 bits per heavy atom. The van der Waals surface area contributed by atoms with Gasteiger partial charge in [-0.1, -0.05) is 13.8 Å². The lowest BCUT2D eigenvalue weighted by Crippen LogP contribution is -2.31. The Kier molecular flexibility index (Phi) is 3.46. The third kappa shape index (κ3) is 2.42.